The van der Waals surface area contributed by atoms with Gasteiger partial charge in [0.05, 0.1) is 22.8 Å². The third-order valence-electron chi connectivity index (χ3n) is 11.5. The Balaban J connectivity index is 9.35. The molecular formula is C30H72Si6. The average molecular weight is 601 g/mol. The van der Waals surface area contributed by atoms with Gasteiger partial charge in [-0.3, -0.25) is 0 Å². The van der Waals surface area contributed by atoms with E-state index in [0.29, 0.717) is 30.2 Å². The van der Waals surface area contributed by atoms with Gasteiger partial charge in [-0.2, -0.15) is 0 Å². The van der Waals surface area contributed by atoms with E-state index in [4.69, 9.17) is 0 Å². The van der Waals surface area contributed by atoms with Crippen LogP contribution in [0.4, 0.5) is 0 Å². The van der Waals surface area contributed by atoms with E-state index in [1.807, 2.05) is 0 Å². The molecule has 0 aliphatic rings. The van der Waals surface area contributed by atoms with Gasteiger partial charge in [0.2, 0.25) is 0 Å². The fourth-order valence-electron chi connectivity index (χ4n) is 8.00. The summed E-state index contributed by atoms with van der Waals surface area (Å²) in [6.45, 7) is 64.4. The number of hydrogen-bond donors (Lipinski definition) is 0. The van der Waals surface area contributed by atoms with Crippen LogP contribution >= 0.6 is 0 Å². The Morgan fingerprint density at radius 2 is 0.417 bits per heavy atom. The van der Waals surface area contributed by atoms with Crippen LogP contribution < -0.4 is 0 Å². The van der Waals surface area contributed by atoms with Gasteiger partial charge in [0.25, 0.3) is 0 Å². The predicted octanol–water partition coefficient (Wildman–Crippen LogP) is 11.7. The molecule has 0 N–H and O–H groups in total. The highest BCUT2D eigenvalue weighted by molar-refractivity contribution is 7.84. The zero-order valence-electron chi connectivity index (χ0n) is 30.0. The predicted molar refractivity (Wildman–Crippen MR) is 188 cm³/mol. The van der Waals surface area contributed by atoms with Crippen LogP contribution in [0.15, 0.2) is 0 Å². The van der Waals surface area contributed by atoms with Crippen molar-refractivity contribution in [3.63, 3.8) is 0 Å². The second kappa shape index (κ2) is 9.99. The van der Waals surface area contributed by atoms with E-state index in [-0.39, 0.29) is 0 Å². The van der Waals surface area contributed by atoms with Crippen LogP contribution in [0.25, 0.3) is 0 Å². The lowest BCUT2D eigenvalue weighted by molar-refractivity contribution is 0.626. The van der Waals surface area contributed by atoms with Crippen molar-refractivity contribution in [1.29, 1.82) is 0 Å². The molecule has 0 saturated carbocycles. The first-order valence-corrected chi connectivity index (χ1v) is 33.8. The van der Waals surface area contributed by atoms with Crippen molar-refractivity contribution in [3.8, 4) is 0 Å². The van der Waals surface area contributed by atoms with Crippen LogP contribution in [0.5, 0.6) is 0 Å². The maximum Gasteiger partial charge on any atom is 0.0638 e. The van der Waals surface area contributed by atoms with Crippen molar-refractivity contribution in [2.45, 2.75) is 194 Å². The van der Waals surface area contributed by atoms with Gasteiger partial charge < -0.3 is 0 Å². The Kier molecular flexibility index (Phi) is 10.3. The summed E-state index contributed by atoms with van der Waals surface area (Å²) in [5, 5.41) is 2.48. The third kappa shape index (κ3) is 5.99. The second-order valence-electron chi connectivity index (χ2n) is 19.9. The molecule has 0 amide bonds. The summed E-state index contributed by atoms with van der Waals surface area (Å²) in [6.07, 6.45) is 0. The highest BCUT2D eigenvalue weighted by Gasteiger charge is 2.66. The van der Waals surface area contributed by atoms with Gasteiger partial charge in [0.15, 0.2) is 0 Å². The van der Waals surface area contributed by atoms with Gasteiger partial charge in [-0.25, -0.2) is 0 Å². The third-order valence-corrected chi connectivity index (χ3v) is 122. The summed E-state index contributed by atoms with van der Waals surface area (Å²) in [6, 6.07) is 0. The molecule has 6 heteroatoms. The first kappa shape index (κ1) is 37.3. The minimum Gasteiger partial charge on any atom is -0.0696 e. The first-order chi connectivity index (χ1) is 15.0. The van der Waals surface area contributed by atoms with Crippen molar-refractivity contribution in [2.24, 2.45) is 0 Å². The molecule has 0 bridgehead atoms. The molecule has 0 unspecified atom stereocenters. The average Bonchev–Trinajstić information content (AvgIpc) is 2.50. The largest absolute Gasteiger partial charge is 0.0696 e. The fourth-order valence-corrected chi connectivity index (χ4v) is 196. The SMILES string of the molecule is CC(C)(C)[Si](C)([Si](=[Si]([Si](C)(C(C)(C)C)C(C)(C)C)[Si](C)(C(C)(C)C)C(C)(C)C)[Si](C)(C)C)C(C)(C)C. The van der Waals surface area contributed by atoms with E-state index in [0.717, 1.165) is 0 Å². The van der Waals surface area contributed by atoms with Gasteiger partial charge >= 0.3 is 0 Å². The van der Waals surface area contributed by atoms with E-state index >= 15 is 0 Å². The molecule has 0 radical (unpaired) electrons. The van der Waals surface area contributed by atoms with Crippen LogP contribution in [0, 0.1) is 0 Å². The van der Waals surface area contributed by atoms with E-state index in [1.165, 1.54) is 0 Å². The molecule has 0 aliphatic heterocycles. The Morgan fingerprint density at radius 3 is 0.528 bits per heavy atom. The molecule has 0 spiro atoms. The summed E-state index contributed by atoms with van der Waals surface area (Å²) < 4.78 is 0. The summed E-state index contributed by atoms with van der Waals surface area (Å²) in [5.74, 6) is 0. The van der Waals surface area contributed by atoms with Gasteiger partial charge in [-0.15, -0.1) is 0 Å². The van der Waals surface area contributed by atoms with E-state index < -0.39 is 44.2 Å². The standard InChI is InChI=1S/C30H72Si6/c1-25(2,3)34(22,26(4,5)6)31(33(19,20)21)32(35(23,27(7,8)9)28(10,11)12)36(24,29(13,14)15)30(16,17)18/h1-24H3. The van der Waals surface area contributed by atoms with Crippen molar-refractivity contribution in [2.75, 3.05) is 0 Å². The molecule has 36 heavy (non-hydrogen) atoms. The summed E-state index contributed by atoms with van der Waals surface area (Å²) in [7, 11) is -6.80. The van der Waals surface area contributed by atoms with Gasteiger partial charge in [-0.05, 0) is 44.1 Å². The van der Waals surface area contributed by atoms with Gasteiger partial charge in [0.1, 0.15) is 0 Å². The molecule has 0 saturated heterocycles. The van der Waals surface area contributed by atoms with Crippen LogP contribution in [-0.2, 0) is 0 Å². The zero-order chi connectivity index (χ0) is 30.2. The van der Waals surface area contributed by atoms with Crippen molar-refractivity contribution >= 4 is 44.2 Å². The summed E-state index contributed by atoms with van der Waals surface area (Å²) >= 11 is 0. The molecule has 0 atom stereocenters. The minimum absolute atomic E-state index is 0.408. The van der Waals surface area contributed by atoms with Crippen molar-refractivity contribution in [1.82, 2.24) is 0 Å². The maximum atomic E-state index is 2.97. The number of rotatable bonds is 4. The molecule has 0 rings (SSSR count). The van der Waals surface area contributed by atoms with Gasteiger partial charge in [0, 0.05) is 7.59 Å². The minimum atomic E-state index is -1.80. The van der Waals surface area contributed by atoms with Crippen LogP contribution in [-0.4, -0.2) is 44.2 Å². The Hall–Kier alpha value is 1.30. The molecule has 0 aromatic heterocycles. The first-order valence-electron chi connectivity index (χ1n) is 14.8. The normalized spacial score (nSPS) is 16.3. The highest BCUT2D eigenvalue weighted by atomic mass is 30.0. The second-order valence-corrected chi connectivity index (χ2v) is 73.1. The molecular weight excluding hydrogens is 529 g/mol. The molecule has 0 aromatic rings. The van der Waals surface area contributed by atoms with Crippen LogP contribution in [0.1, 0.15) is 125 Å². The van der Waals surface area contributed by atoms with E-state index in [9.17, 15) is 0 Å². The maximum absolute atomic E-state index is 2.97. The number of hydrogen-bond acceptors (Lipinski definition) is 0. The van der Waals surface area contributed by atoms with Crippen LogP contribution in [0.2, 0.25) is 69.5 Å². The van der Waals surface area contributed by atoms with Gasteiger partial charge in [-0.1, -0.05) is 164 Å². The lowest BCUT2D eigenvalue weighted by atomic mass is 10.2. The van der Waals surface area contributed by atoms with E-state index in [1.54, 1.807) is 0 Å². The smallest absolute Gasteiger partial charge is 0.0638 e. The van der Waals surface area contributed by atoms with Crippen molar-refractivity contribution < 1.29 is 0 Å². The molecule has 216 valence electrons. The zero-order valence-corrected chi connectivity index (χ0v) is 36.0. The molecule has 0 nitrogen and oxygen atoms in total. The summed E-state index contributed by atoms with van der Waals surface area (Å²) in [4.78, 5) is 0. The quantitative estimate of drug-likeness (QED) is 0.281. The van der Waals surface area contributed by atoms with Crippen molar-refractivity contribution in [3.05, 3.63) is 0 Å². The van der Waals surface area contributed by atoms with Crippen LogP contribution in [0.3, 0.4) is 0 Å². The highest BCUT2D eigenvalue weighted by Crippen LogP contribution is 2.61. The fraction of sp³-hybridized carbons (Fsp3) is 1.00. The topological polar surface area (TPSA) is 0 Å². The Morgan fingerprint density at radius 1 is 0.278 bits per heavy atom. The Labute approximate surface area is 237 Å². The molecule has 0 fully saturated rings. The summed E-state index contributed by atoms with van der Waals surface area (Å²) in [5.41, 5.74) is 0. The monoisotopic (exact) mass is 600 g/mol. The lowest BCUT2D eigenvalue weighted by Crippen LogP contribution is -2.81. The molecule has 0 aromatic carbocycles. The molecule has 0 heterocycles. The molecule has 0 aliphatic carbocycles. The lowest BCUT2D eigenvalue weighted by Gasteiger charge is -2.65. The van der Waals surface area contributed by atoms with E-state index in [2.05, 4.69) is 164 Å². The Bertz CT molecular complexity index is 734.